The van der Waals surface area contributed by atoms with Gasteiger partial charge in [-0.25, -0.2) is 0 Å². The number of ether oxygens (including phenoxy) is 1. The van der Waals surface area contributed by atoms with E-state index in [1.165, 1.54) is 7.11 Å². The molecule has 0 atom stereocenters. The number of hydrogen-bond donors (Lipinski definition) is 1. The number of anilines is 1. The third-order valence-corrected chi connectivity index (χ3v) is 5.55. The van der Waals surface area contributed by atoms with Crippen LogP contribution in [0.3, 0.4) is 0 Å². The van der Waals surface area contributed by atoms with Gasteiger partial charge in [0.25, 0.3) is 0 Å². The van der Waals surface area contributed by atoms with Gasteiger partial charge in [0.05, 0.1) is 29.6 Å². The summed E-state index contributed by atoms with van der Waals surface area (Å²) in [5.74, 6) is -0.0804. The largest absolute Gasteiger partial charge is 0.496 e. The van der Waals surface area contributed by atoms with Crippen molar-refractivity contribution in [1.82, 2.24) is 14.8 Å². The first-order valence-corrected chi connectivity index (χ1v) is 10.7. The Bertz CT molecular complexity index is 1140. The first-order valence-electron chi connectivity index (χ1n) is 9.72. The molecule has 0 aliphatic heterocycles. The topological polar surface area (TPSA) is 69.0 Å². The predicted molar refractivity (Wildman–Crippen MR) is 113 cm³/mol. The molecule has 13 heteroatoms. The summed E-state index contributed by atoms with van der Waals surface area (Å²) >= 11 is 0.939. The van der Waals surface area contributed by atoms with Crippen molar-refractivity contribution in [2.24, 2.45) is 0 Å². The monoisotopic (exact) mass is 504 g/mol. The highest BCUT2D eigenvalue weighted by Gasteiger charge is 2.37. The molecule has 0 unspecified atom stereocenters. The van der Waals surface area contributed by atoms with Crippen molar-refractivity contribution in [3.63, 3.8) is 0 Å². The number of alkyl halides is 6. The van der Waals surface area contributed by atoms with Gasteiger partial charge in [0.1, 0.15) is 5.75 Å². The maximum Gasteiger partial charge on any atom is 0.416 e. The van der Waals surface area contributed by atoms with E-state index in [2.05, 4.69) is 15.5 Å². The summed E-state index contributed by atoms with van der Waals surface area (Å²) < 4.78 is 85.1. The number of methoxy groups -OCH3 is 1. The van der Waals surface area contributed by atoms with Gasteiger partial charge in [0.15, 0.2) is 11.0 Å². The van der Waals surface area contributed by atoms with E-state index in [9.17, 15) is 31.1 Å². The number of benzene rings is 2. The number of halogens is 6. The van der Waals surface area contributed by atoms with Crippen LogP contribution in [-0.2, 0) is 23.7 Å². The third kappa shape index (κ3) is 5.82. The summed E-state index contributed by atoms with van der Waals surface area (Å²) in [6, 6.07) is 7.99. The summed E-state index contributed by atoms with van der Waals surface area (Å²) in [6.07, 6.45) is -10.0. The van der Waals surface area contributed by atoms with Crippen LogP contribution in [0.15, 0.2) is 47.6 Å². The van der Waals surface area contributed by atoms with Gasteiger partial charge in [-0.1, -0.05) is 23.9 Å². The molecule has 3 aromatic rings. The van der Waals surface area contributed by atoms with Crippen LogP contribution in [0.5, 0.6) is 5.75 Å². The number of nitrogens with one attached hydrogen (secondary N) is 1. The number of thioether (sulfide) groups is 1. The second kappa shape index (κ2) is 9.95. The van der Waals surface area contributed by atoms with Gasteiger partial charge in [-0.3, -0.25) is 4.79 Å². The van der Waals surface area contributed by atoms with E-state index in [4.69, 9.17) is 4.74 Å². The molecule has 1 amide bonds. The van der Waals surface area contributed by atoms with Crippen molar-refractivity contribution < 1.29 is 35.9 Å². The highest BCUT2D eigenvalue weighted by molar-refractivity contribution is 7.99. The molecular weight excluding hydrogens is 486 g/mol. The average molecular weight is 504 g/mol. The molecule has 0 aliphatic rings. The van der Waals surface area contributed by atoms with Gasteiger partial charge < -0.3 is 14.6 Å². The third-order valence-electron chi connectivity index (χ3n) is 4.58. The van der Waals surface area contributed by atoms with Gasteiger partial charge in [-0.2, -0.15) is 26.3 Å². The highest BCUT2D eigenvalue weighted by atomic mass is 32.2. The molecule has 0 radical (unpaired) electrons. The number of carbonyl (C=O) groups excluding carboxylic acids is 1. The molecular formula is C21H18F6N4O2S. The molecule has 0 saturated heterocycles. The summed E-state index contributed by atoms with van der Waals surface area (Å²) in [7, 11) is 1.50. The number of para-hydroxylation sites is 1. The summed E-state index contributed by atoms with van der Waals surface area (Å²) in [5, 5.41) is 10.6. The average Bonchev–Trinajstić information content (AvgIpc) is 3.19. The van der Waals surface area contributed by atoms with E-state index in [1.807, 2.05) is 6.92 Å². The molecule has 0 bridgehead atoms. The van der Waals surface area contributed by atoms with E-state index in [-0.39, 0.29) is 11.8 Å². The van der Waals surface area contributed by atoms with Crippen LogP contribution >= 0.6 is 11.8 Å². The first-order chi connectivity index (χ1) is 15.9. The SMILES string of the molecule is CCn1c(SCC(=O)Nc2cc(C(F)(F)F)cc(C(F)(F)F)c2)nnc1-c1ccccc1OC. The number of hydrogen-bond acceptors (Lipinski definition) is 5. The molecule has 2 aromatic carbocycles. The number of rotatable bonds is 7. The summed E-state index contributed by atoms with van der Waals surface area (Å²) in [6.45, 7) is 2.26. The molecule has 1 aromatic heterocycles. The number of carbonyl (C=O) groups is 1. The molecule has 0 saturated carbocycles. The van der Waals surface area contributed by atoms with Gasteiger partial charge in [-0.05, 0) is 37.3 Å². The minimum absolute atomic E-state index is 0.00643. The molecule has 0 aliphatic carbocycles. The molecule has 1 heterocycles. The zero-order valence-corrected chi connectivity index (χ0v) is 18.6. The van der Waals surface area contributed by atoms with Crippen LogP contribution in [0, 0.1) is 0 Å². The number of aromatic nitrogens is 3. The first kappa shape index (κ1) is 25.4. The Balaban J connectivity index is 1.78. The van der Waals surface area contributed by atoms with Crippen molar-refractivity contribution >= 4 is 23.4 Å². The lowest BCUT2D eigenvalue weighted by Gasteiger charge is -2.14. The van der Waals surface area contributed by atoms with Crippen LogP contribution in [-0.4, -0.2) is 33.5 Å². The van der Waals surface area contributed by atoms with E-state index in [1.54, 1.807) is 28.8 Å². The fourth-order valence-corrected chi connectivity index (χ4v) is 3.87. The summed E-state index contributed by atoms with van der Waals surface area (Å²) in [5.41, 5.74) is -2.98. The smallest absolute Gasteiger partial charge is 0.416 e. The Kier molecular flexibility index (Phi) is 7.44. The lowest BCUT2D eigenvalue weighted by atomic mass is 10.1. The Morgan fingerprint density at radius 1 is 1.03 bits per heavy atom. The van der Waals surface area contributed by atoms with Crippen LogP contribution < -0.4 is 10.1 Å². The van der Waals surface area contributed by atoms with Crippen molar-refractivity contribution in [3.05, 3.63) is 53.6 Å². The second-order valence-electron chi connectivity index (χ2n) is 6.88. The number of amides is 1. The summed E-state index contributed by atoms with van der Waals surface area (Å²) in [4.78, 5) is 12.3. The zero-order chi connectivity index (χ0) is 25.1. The lowest BCUT2D eigenvalue weighted by Crippen LogP contribution is -2.17. The van der Waals surface area contributed by atoms with E-state index < -0.39 is 35.1 Å². The molecule has 182 valence electrons. The normalized spacial score (nSPS) is 12.0. The number of nitrogens with zero attached hydrogens (tertiary/aromatic N) is 3. The fourth-order valence-electron chi connectivity index (χ4n) is 3.06. The van der Waals surface area contributed by atoms with Gasteiger partial charge in [0, 0.05) is 12.2 Å². The second-order valence-corrected chi connectivity index (χ2v) is 7.82. The minimum atomic E-state index is -5.01. The Hall–Kier alpha value is -3.22. The lowest BCUT2D eigenvalue weighted by molar-refractivity contribution is -0.143. The van der Waals surface area contributed by atoms with Crippen LogP contribution in [0.2, 0.25) is 0 Å². The highest BCUT2D eigenvalue weighted by Crippen LogP contribution is 2.37. The van der Waals surface area contributed by atoms with Crippen molar-refractivity contribution in [1.29, 1.82) is 0 Å². The van der Waals surface area contributed by atoms with Crippen LogP contribution in [0.4, 0.5) is 32.0 Å². The Labute approximate surface area is 194 Å². The molecule has 6 nitrogen and oxygen atoms in total. The van der Waals surface area contributed by atoms with Crippen LogP contribution in [0.25, 0.3) is 11.4 Å². The standard InChI is InChI=1S/C21H18F6N4O2S/c1-3-31-18(15-6-4-5-7-16(15)33-2)29-30-19(31)34-11-17(32)28-14-9-12(20(22,23)24)8-13(10-14)21(25,26)27/h4-10H,3,11H2,1-2H3,(H,28,32). The Morgan fingerprint density at radius 2 is 1.65 bits per heavy atom. The van der Waals surface area contributed by atoms with Gasteiger partial charge >= 0.3 is 12.4 Å². The quantitative estimate of drug-likeness (QED) is 0.328. The molecule has 34 heavy (non-hydrogen) atoms. The van der Waals surface area contributed by atoms with E-state index in [0.717, 1.165) is 11.8 Å². The molecule has 1 N–H and O–H groups in total. The van der Waals surface area contributed by atoms with Crippen molar-refractivity contribution in [2.75, 3.05) is 18.2 Å². The van der Waals surface area contributed by atoms with Gasteiger partial charge in [0.2, 0.25) is 5.91 Å². The molecule has 0 spiro atoms. The molecule has 3 rings (SSSR count). The maximum atomic E-state index is 13.0. The zero-order valence-electron chi connectivity index (χ0n) is 17.8. The van der Waals surface area contributed by atoms with Gasteiger partial charge in [-0.15, -0.1) is 10.2 Å². The Morgan fingerprint density at radius 3 is 2.21 bits per heavy atom. The van der Waals surface area contributed by atoms with Crippen LogP contribution in [0.1, 0.15) is 18.1 Å². The van der Waals surface area contributed by atoms with Crippen molar-refractivity contribution in [3.8, 4) is 17.1 Å². The maximum absolute atomic E-state index is 13.0. The molecule has 0 fully saturated rings. The van der Waals surface area contributed by atoms with E-state index in [0.29, 0.717) is 41.0 Å². The van der Waals surface area contributed by atoms with E-state index >= 15 is 0 Å². The minimum Gasteiger partial charge on any atom is -0.496 e. The fraction of sp³-hybridized carbons (Fsp3) is 0.286. The van der Waals surface area contributed by atoms with Crippen molar-refractivity contribution in [2.45, 2.75) is 31.0 Å². The predicted octanol–water partition coefficient (Wildman–Crippen LogP) is 5.74.